The van der Waals surface area contributed by atoms with Crippen LogP contribution >= 0.6 is 10.6 Å². The Morgan fingerprint density at radius 3 is 1.31 bits per heavy atom. The number of nitrogens with zero attached hydrogens (tertiary/aromatic N) is 3. The number of para-hydroxylation sites is 8. The molecule has 2 N–H and O–H groups in total. The maximum Gasteiger partial charge on any atom is 0.196 e. The summed E-state index contributed by atoms with van der Waals surface area (Å²) in [7, 11) is -3.35. The van der Waals surface area contributed by atoms with Gasteiger partial charge in [-0.3, -0.25) is 23.5 Å². The predicted molar refractivity (Wildman–Crippen MR) is 341 cm³/mol. The van der Waals surface area contributed by atoms with E-state index in [1.807, 2.05) is 182 Å². The number of hydrogen-bond acceptors (Lipinski definition) is 10. The third-order valence-corrected chi connectivity index (χ3v) is 18.0. The van der Waals surface area contributed by atoms with Crippen LogP contribution < -0.4 is 24.2 Å². The van der Waals surface area contributed by atoms with Gasteiger partial charge in [0.2, 0.25) is 0 Å². The summed E-state index contributed by atoms with van der Waals surface area (Å²) in [6.45, 7) is 0. The summed E-state index contributed by atoms with van der Waals surface area (Å²) in [6.07, 6.45) is 0. The van der Waals surface area contributed by atoms with Crippen molar-refractivity contribution in [3.05, 3.63) is 318 Å². The quantitative estimate of drug-likeness (QED) is 0.121. The van der Waals surface area contributed by atoms with Gasteiger partial charge >= 0.3 is 0 Å². The predicted octanol–water partition coefficient (Wildman–Crippen LogP) is 19.8. The first-order valence-electron chi connectivity index (χ1n) is 28.0. The van der Waals surface area contributed by atoms with E-state index in [2.05, 4.69) is 57.2 Å². The molecule has 0 amide bonds. The molecule has 0 aliphatic carbocycles. The van der Waals surface area contributed by atoms with Crippen molar-refractivity contribution in [3.8, 4) is 45.3 Å². The van der Waals surface area contributed by atoms with Crippen molar-refractivity contribution >= 4 is 79.1 Å². The lowest BCUT2D eigenvalue weighted by molar-refractivity contribution is 0.102. The zero-order chi connectivity index (χ0) is 58.0. The number of fused-ring (bicyclic) bond motifs is 6. The van der Waals surface area contributed by atoms with Gasteiger partial charge in [0.05, 0.1) is 32.5 Å². The van der Waals surface area contributed by atoms with E-state index in [1.165, 1.54) is 0 Å². The van der Waals surface area contributed by atoms with Gasteiger partial charge in [-0.25, -0.2) is 0 Å². The van der Waals surface area contributed by atoms with E-state index >= 15 is 0 Å². The van der Waals surface area contributed by atoms with E-state index in [1.54, 1.807) is 60.7 Å². The second-order valence-electron chi connectivity index (χ2n) is 21.1. The number of rotatable bonds is 11. The van der Waals surface area contributed by atoms with Crippen LogP contribution in [-0.2, 0) is 0 Å². The van der Waals surface area contributed by atoms with Crippen molar-refractivity contribution in [2.75, 3.05) is 14.7 Å². The monoisotopic (exact) mass is 1140 g/mol. The number of ketones is 3. The molecule has 0 saturated carbocycles. The third kappa shape index (κ3) is 8.90. The van der Waals surface area contributed by atoms with E-state index in [-0.39, 0.29) is 27.1 Å². The highest BCUT2D eigenvalue weighted by Crippen LogP contribution is 2.61. The maximum atomic E-state index is 14.1. The normalized spacial score (nSPS) is 13.5. The highest BCUT2D eigenvalue weighted by Gasteiger charge is 2.36. The summed E-state index contributed by atoms with van der Waals surface area (Å²) in [5.74, 6) is 2.33. The van der Waals surface area contributed by atoms with Gasteiger partial charge in [-0.2, -0.15) is 0 Å². The Bertz CT molecular complexity index is 4620. The molecule has 0 radical (unpaired) electrons. The van der Waals surface area contributed by atoms with Gasteiger partial charge in [0.15, 0.2) is 40.3 Å². The second kappa shape index (κ2) is 21.0. The Balaban J connectivity index is 0.670. The molecule has 0 spiro atoms. The molecule has 0 saturated heterocycles. The fraction of sp³-hybridized carbons (Fsp3) is 0. The molecule has 12 aromatic carbocycles. The summed E-state index contributed by atoms with van der Waals surface area (Å²) in [6, 6.07) is 90.4. The van der Waals surface area contributed by atoms with E-state index in [0.29, 0.717) is 44.9 Å². The SMILES string of the molecule is O=C(c1ccc(C(=O)c2ccc(N3c4ccccc4Oc4c(-c5ccc(N(c6ccccc6)c6ccc(-c7ccc8c(c7)C(=O)c7ccccc7S8(O)O)cc6)cc5)cccc43)cc2)cc1)c1ccc(N2c3ccccc3Oc3ccccc32)cc1. The van der Waals surface area contributed by atoms with Crippen LogP contribution in [0.5, 0.6) is 23.0 Å². The first-order valence-corrected chi connectivity index (χ1v) is 29.6. The molecule has 86 heavy (non-hydrogen) atoms. The Morgan fingerprint density at radius 2 is 0.756 bits per heavy atom. The fourth-order valence-corrected chi connectivity index (χ4v) is 13.5. The topological polar surface area (TPSA) is 120 Å². The van der Waals surface area contributed by atoms with Crippen molar-refractivity contribution in [1.29, 1.82) is 0 Å². The number of carbonyl (C=O) groups excluding carboxylic acids is 3. The molecular formula is C75H49N3O7S. The molecule has 10 nitrogen and oxygen atoms in total. The summed E-state index contributed by atoms with van der Waals surface area (Å²) >= 11 is 0. The summed E-state index contributed by atoms with van der Waals surface area (Å²) in [4.78, 5) is 48.6. The van der Waals surface area contributed by atoms with Crippen LogP contribution in [0.15, 0.2) is 295 Å². The molecular weight excluding hydrogens is 1090 g/mol. The van der Waals surface area contributed by atoms with Gasteiger partial charge < -0.3 is 24.2 Å². The Labute approximate surface area is 497 Å². The third-order valence-electron chi connectivity index (χ3n) is 16.0. The molecule has 0 unspecified atom stereocenters. The summed E-state index contributed by atoms with van der Waals surface area (Å²) in [5.41, 5.74) is 14.1. The molecule has 0 bridgehead atoms. The standard InChI is InChI=1S/C75H49N3O7S/c79-72(52-33-42-58(43-34-52)77-63-17-5-8-21-67(63)84-68-22-9-6-18-64(68)77)50-25-27-51(28-26-50)73(80)53-35-44-59(45-36-53)78-65-19-7-10-23-69(65)85-75-60(16-12-20-66(75)78)49-31-40-57(41-32-49)76(55-13-2-1-3-14-55)56-38-29-48(30-39-56)54-37-46-71-62(47-54)74(81)61-15-4-11-24-70(61)86(71,82)83/h1-47,82-83H. The number of carbonyl (C=O) groups is 3. The second-order valence-corrected chi connectivity index (χ2v) is 23.1. The van der Waals surface area contributed by atoms with Crippen LogP contribution in [0.2, 0.25) is 0 Å². The summed E-state index contributed by atoms with van der Waals surface area (Å²) < 4.78 is 35.5. The van der Waals surface area contributed by atoms with Crippen LogP contribution in [0.4, 0.5) is 51.2 Å². The Hall–Kier alpha value is -11.1. The zero-order valence-electron chi connectivity index (χ0n) is 45.8. The highest BCUT2D eigenvalue weighted by molar-refractivity contribution is 8.24. The van der Waals surface area contributed by atoms with Crippen molar-refractivity contribution in [2.24, 2.45) is 0 Å². The molecule has 15 rings (SSSR count). The molecule has 12 aromatic rings. The zero-order valence-corrected chi connectivity index (χ0v) is 46.6. The lowest BCUT2D eigenvalue weighted by Gasteiger charge is -2.38. The first-order chi connectivity index (χ1) is 42.1. The highest BCUT2D eigenvalue weighted by atomic mass is 32.3. The van der Waals surface area contributed by atoms with Crippen LogP contribution in [-0.4, -0.2) is 26.5 Å². The molecule has 3 aliphatic rings. The van der Waals surface area contributed by atoms with Gasteiger partial charge in [0.1, 0.15) is 0 Å². The van der Waals surface area contributed by atoms with Crippen molar-refractivity contribution in [1.82, 2.24) is 0 Å². The molecule has 0 aromatic heterocycles. The number of benzene rings is 12. The van der Waals surface area contributed by atoms with Crippen LogP contribution in [0.1, 0.15) is 47.8 Å². The van der Waals surface area contributed by atoms with Crippen LogP contribution in [0.25, 0.3) is 22.3 Å². The van der Waals surface area contributed by atoms with Crippen LogP contribution in [0, 0.1) is 0 Å². The minimum atomic E-state index is -3.35. The smallest absolute Gasteiger partial charge is 0.196 e. The van der Waals surface area contributed by atoms with Crippen molar-refractivity contribution < 1.29 is 33.0 Å². The minimum Gasteiger partial charge on any atom is -0.453 e. The van der Waals surface area contributed by atoms with Gasteiger partial charge in [0.25, 0.3) is 0 Å². The van der Waals surface area contributed by atoms with Gasteiger partial charge in [0, 0.05) is 67.4 Å². The van der Waals surface area contributed by atoms with Gasteiger partial charge in [-0.1, -0.05) is 133 Å². The molecule has 11 heteroatoms. The van der Waals surface area contributed by atoms with E-state index < -0.39 is 10.6 Å². The molecule has 412 valence electrons. The summed E-state index contributed by atoms with van der Waals surface area (Å²) in [5, 5.41) is 0. The van der Waals surface area contributed by atoms with E-state index in [9.17, 15) is 23.5 Å². The Kier molecular flexibility index (Phi) is 12.6. The number of ether oxygens (including phenoxy) is 2. The largest absolute Gasteiger partial charge is 0.453 e. The van der Waals surface area contributed by atoms with Gasteiger partial charge in [-0.05, 0) is 168 Å². The average molecular weight is 1140 g/mol. The maximum absolute atomic E-state index is 14.1. The lowest BCUT2D eigenvalue weighted by atomic mass is 9.97. The molecule has 3 aliphatic heterocycles. The van der Waals surface area contributed by atoms with E-state index in [4.69, 9.17) is 9.47 Å². The minimum absolute atomic E-state index is 0.147. The Morgan fingerprint density at radius 1 is 0.349 bits per heavy atom. The van der Waals surface area contributed by atoms with Crippen molar-refractivity contribution in [3.63, 3.8) is 0 Å². The molecule has 0 atom stereocenters. The van der Waals surface area contributed by atoms with Gasteiger partial charge in [-0.15, -0.1) is 10.6 Å². The fourth-order valence-electron chi connectivity index (χ4n) is 11.8. The molecule has 0 fully saturated rings. The number of anilines is 9. The van der Waals surface area contributed by atoms with Crippen LogP contribution in [0.3, 0.4) is 0 Å². The number of hydrogen-bond donors (Lipinski definition) is 2. The lowest BCUT2D eigenvalue weighted by Crippen LogP contribution is -2.18. The first kappa shape index (κ1) is 51.8. The molecule has 3 heterocycles. The average Bonchev–Trinajstić information content (AvgIpc) is 1.03. The van der Waals surface area contributed by atoms with Crippen molar-refractivity contribution in [2.45, 2.75) is 9.79 Å². The van der Waals surface area contributed by atoms with E-state index in [0.717, 1.165) is 84.9 Å².